The van der Waals surface area contributed by atoms with Crippen molar-refractivity contribution in [3.63, 3.8) is 0 Å². The number of carboxylic acids is 2. The van der Waals surface area contributed by atoms with Gasteiger partial charge in [0.05, 0.1) is 0 Å². The molecule has 0 aromatic heterocycles. The zero-order chi connectivity index (χ0) is 16.6. The maximum atomic E-state index is 10.7. The summed E-state index contributed by atoms with van der Waals surface area (Å²) in [5, 5.41) is 21.1. The monoisotopic (exact) mass is 388 g/mol. The number of unbranched alkanes of at least 4 members (excludes halogenated alkanes) is 10. The van der Waals surface area contributed by atoms with E-state index in [9.17, 15) is 19.8 Å². The molecule has 0 N–H and O–H groups in total. The molecule has 0 aromatic carbocycles. The summed E-state index contributed by atoms with van der Waals surface area (Å²) < 4.78 is 0. The van der Waals surface area contributed by atoms with Crippen LogP contribution in [0.5, 0.6) is 0 Å². The van der Waals surface area contributed by atoms with Gasteiger partial charge in [0.15, 0.2) is 0 Å². The van der Waals surface area contributed by atoms with Crippen LogP contribution in [0.1, 0.15) is 84.0 Å². The Morgan fingerprint density at radius 2 is 1.29 bits per heavy atom. The van der Waals surface area contributed by atoms with E-state index in [-0.39, 0.29) is 103 Å². The summed E-state index contributed by atoms with van der Waals surface area (Å²) in [6.07, 6.45) is 16.0. The maximum absolute atomic E-state index is 10.7. The Morgan fingerprint density at radius 1 is 0.833 bits per heavy atom. The summed E-state index contributed by atoms with van der Waals surface area (Å²) in [6, 6.07) is 0. The van der Waals surface area contributed by atoms with E-state index >= 15 is 0 Å². The number of rotatable bonds is 15. The Morgan fingerprint density at radius 3 is 1.71 bits per heavy atom. The molecular formula is C18H30K2O4. The first-order valence-corrected chi connectivity index (χ1v) is 8.65. The number of carbonyl (C=O) groups is 2. The van der Waals surface area contributed by atoms with Crippen LogP contribution in [0.2, 0.25) is 0 Å². The van der Waals surface area contributed by atoms with Gasteiger partial charge < -0.3 is 19.8 Å². The average Bonchev–Trinajstić information content (AvgIpc) is 2.46. The predicted molar refractivity (Wildman–Crippen MR) is 83.7 cm³/mol. The first-order chi connectivity index (χ1) is 10.6. The van der Waals surface area contributed by atoms with Crippen molar-refractivity contribution in [3.05, 3.63) is 12.2 Å². The molecule has 128 valence electrons. The van der Waals surface area contributed by atoms with Crippen molar-refractivity contribution in [3.8, 4) is 0 Å². The summed E-state index contributed by atoms with van der Waals surface area (Å²) >= 11 is 0. The van der Waals surface area contributed by atoms with E-state index in [1.165, 1.54) is 57.4 Å². The Bertz CT molecular complexity index is 333. The van der Waals surface area contributed by atoms with E-state index in [2.05, 4.69) is 6.92 Å². The molecule has 0 saturated heterocycles. The zero-order valence-corrected chi connectivity index (χ0v) is 22.1. The molecule has 0 aromatic rings. The summed E-state index contributed by atoms with van der Waals surface area (Å²) in [5.41, 5.74) is 0. The molecule has 0 heterocycles. The molecule has 1 atom stereocenters. The molecule has 6 heteroatoms. The number of aliphatic carboxylic acids is 2. The third kappa shape index (κ3) is 22.0. The van der Waals surface area contributed by atoms with Crippen molar-refractivity contribution in [2.45, 2.75) is 84.0 Å². The fourth-order valence-corrected chi connectivity index (χ4v) is 2.42. The summed E-state index contributed by atoms with van der Waals surface area (Å²) in [4.78, 5) is 21.1. The maximum Gasteiger partial charge on any atom is 1.00 e. The van der Waals surface area contributed by atoms with Gasteiger partial charge in [-0.1, -0.05) is 76.9 Å². The van der Waals surface area contributed by atoms with E-state index in [4.69, 9.17) is 0 Å². The van der Waals surface area contributed by atoms with Crippen molar-refractivity contribution in [2.75, 3.05) is 0 Å². The molecule has 0 fully saturated rings. The van der Waals surface area contributed by atoms with E-state index in [1.54, 1.807) is 6.08 Å². The van der Waals surface area contributed by atoms with Crippen LogP contribution in [-0.2, 0) is 9.59 Å². The first-order valence-electron chi connectivity index (χ1n) is 8.65. The van der Waals surface area contributed by atoms with Crippen LogP contribution in [0.15, 0.2) is 12.2 Å². The van der Waals surface area contributed by atoms with Crippen LogP contribution in [-0.4, -0.2) is 11.9 Å². The van der Waals surface area contributed by atoms with Gasteiger partial charge in [0.2, 0.25) is 0 Å². The van der Waals surface area contributed by atoms with Gasteiger partial charge in [-0.15, -0.1) is 0 Å². The second kappa shape index (κ2) is 23.0. The topological polar surface area (TPSA) is 80.3 Å². The van der Waals surface area contributed by atoms with Gasteiger partial charge >= 0.3 is 103 Å². The molecule has 0 spiro atoms. The van der Waals surface area contributed by atoms with Crippen LogP contribution in [0.3, 0.4) is 0 Å². The number of carbonyl (C=O) groups excluding carboxylic acids is 2. The molecule has 0 radical (unpaired) electrons. The Kier molecular flexibility index (Phi) is 29.4. The Balaban J connectivity index is -0.00000220. The van der Waals surface area contributed by atoms with Gasteiger partial charge in [-0.05, 0) is 19.3 Å². The molecule has 0 saturated carbocycles. The number of allylic oxidation sites excluding steroid dienone is 1. The molecule has 0 rings (SSSR count). The minimum absolute atomic E-state index is 0. The fourth-order valence-electron chi connectivity index (χ4n) is 2.42. The third-order valence-corrected chi connectivity index (χ3v) is 3.78. The number of carboxylic acid groups (broad SMARTS) is 2. The smallest absolute Gasteiger partial charge is 0.550 e. The molecule has 0 bridgehead atoms. The van der Waals surface area contributed by atoms with Crippen molar-refractivity contribution in [1.29, 1.82) is 0 Å². The second-order valence-electron chi connectivity index (χ2n) is 5.90. The average molecular weight is 389 g/mol. The first kappa shape index (κ1) is 30.7. The van der Waals surface area contributed by atoms with Gasteiger partial charge in [0.25, 0.3) is 0 Å². The molecule has 0 aliphatic heterocycles. The molecule has 0 aliphatic rings. The van der Waals surface area contributed by atoms with E-state index in [0.29, 0.717) is 0 Å². The second-order valence-corrected chi connectivity index (χ2v) is 5.90. The quantitative estimate of drug-likeness (QED) is 0.165. The summed E-state index contributed by atoms with van der Waals surface area (Å²) in [7, 11) is 0. The van der Waals surface area contributed by atoms with Crippen molar-refractivity contribution < 1.29 is 123 Å². The van der Waals surface area contributed by atoms with Crippen molar-refractivity contribution in [2.24, 2.45) is 5.92 Å². The predicted octanol–water partition coefficient (Wildman–Crippen LogP) is -3.63. The van der Waals surface area contributed by atoms with Gasteiger partial charge in [-0.2, -0.15) is 0 Å². The van der Waals surface area contributed by atoms with Crippen LogP contribution < -0.4 is 113 Å². The van der Waals surface area contributed by atoms with Crippen LogP contribution >= 0.6 is 0 Å². The molecule has 0 amide bonds. The number of hydrogen-bond acceptors (Lipinski definition) is 4. The zero-order valence-electron chi connectivity index (χ0n) is 15.9. The Hall–Kier alpha value is 1.95. The molecule has 24 heavy (non-hydrogen) atoms. The molecule has 4 nitrogen and oxygen atoms in total. The minimum Gasteiger partial charge on any atom is -0.550 e. The standard InChI is InChI=1S/C18H32O4.2K/c1-2-3-4-5-6-7-8-9-10-11-12-13-14-16(18(21)22)15-17(19)20;;/h13-14,16H,2-12,15H2,1H3,(H,19,20)(H,21,22);;/q;2*+1/p-2. The fraction of sp³-hybridized carbons (Fsp3) is 0.778. The van der Waals surface area contributed by atoms with Crippen molar-refractivity contribution in [1.82, 2.24) is 0 Å². The minimum atomic E-state index is -1.36. The van der Waals surface area contributed by atoms with Gasteiger partial charge in [-0.25, -0.2) is 0 Å². The molecule has 1 unspecified atom stereocenters. The normalized spacial score (nSPS) is 11.5. The van der Waals surface area contributed by atoms with Gasteiger partial charge in [0, 0.05) is 17.9 Å². The SMILES string of the molecule is CCCCCCCCCCCCC=CC(CC(=O)[O-])C(=O)[O-].[K+].[K+]. The van der Waals surface area contributed by atoms with Crippen LogP contribution in [0, 0.1) is 5.92 Å². The molecular weight excluding hydrogens is 358 g/mol. The molecule has 0 aliphatic carbocycles. The van der Waals surface area contributed by atoms with Gasteiger partial charge in [-0.3, -0.25) is 0 Å². The van der Waals surface area contributed by atoms with E-state index in [0.717, 1.165) is 19.3 Å². The van der Waals surface area contributed by atoms with Crippen molar-refractivity contribution >= 4 is 11.9 Å². The van der Waals surface area contributed by atoms with E-state index < -0.39 is 24.3 Å². The van der Waals surface area contributed by atoms with Crippen LogP contribution in [0.25, 0.3) is 0 Å². The van der Waals surface area contributed by atoms with E-state index in [1.807, 2.05) is 0 Å². The summed E-state index contributed by atoms with van der Waals surface area (Å²) in [6.45, 7) is 2.22. The number of hydrogen-bond donors (Lipinski definition) is 0. The third-order valence-electron chi connectivity index (χ3n) is 3.78. The summed E-state index contributed by atoms with van der Waals surface area (Å²) in [5.74, 6) is -3.80. The van der Waals surface area contributed by atoms with Crippen LogP contribution in [0.4, 0.5) is 0 Å². The van der Waals surface area contributed by atoms with Gasteiger partial charge in [0.1, 0.15) is 0 Å². The Labute approximate surface area is 232 Å². The largest absolute Gasteiger partial charge is 1.00 e.